The second-order valence-electron chi connectivity index (χ2n) is 11.1. The van der Waals surface area contributed by atoms with Gasteiger partial charge in [0.25, 0.3) is 0 Å². The third-order valence-electron chi connectivity index (χ3n) is 9.23. The number of allylic oxidation sites excluding steroid dienone is 1. The third kappa shape index (κ3) is 2.29. The fraction of sp³-hybridized carbons (Fsp3) is 0.760. The van der Waals surface area contributed by atoms with E-state index in [1.54, 1.807) is 0 Å². The van der Waals surface area contributed by atoms with Crippen molar-refractivity contribution in [3.8, 4) is 0 Å². The number of ether oxygens (including phenoxy) is 2. The second-order valence-corrected chi connectivity index (χ2v) is 11.1. The van der Waals surface area contributed by atoms with E-state index in [1.165, 1.54) is 0 Å². The third-order valence-corrected chi connectivity index (χ3v) is 9.23. The van der Waals surface area contributed by atoms with Gasteiger partial charge in [0.15, 0.2) is 5.78 Å². The summed E-state index contributed by atoms with van der Waals surface area (Å²) in [7, 11) is 0. The molecule has 4 aliphatic carbocycles. The smallest absolute Gasteiger partial charge is 0.306 e. The van der Waals surface area contributed by atoms with Gasteiger partial charge in [-0.25, -0.2) is 0 Å². The number of hydrogen-bond acceptors (Lipinski definition) is 6. The molecular weight excluding hydrogens is 396 g/mol. The van der Waals surface area contributed by atoms with E-state index in [0.717, 1.165) is 12.8 Å². The summed E-state index contributed by atoms with van der Waals surface area (Å²) in [5.74, 6) is -3.65. The molecule has 31 heavy (non-hydrogen) atoms. The maximum Gasteiger partial charge on any atom is 0.306 e. The highest BCUT2D eigenvalue weighted by Gasteiger charge is 2.86. The van der Waals surface area contributed by atoms with E-state index < -0.39 is 28.8 Å². The maximum atomic E-state index is 13.9. The minimum Gasteiger partial charge on any atom is -0.460 e. The summed E-state index contributed by atoms with van der Waals surface area (Å²) >= 11 is 0. The predicted molar refractivity (Wildman–Crippen MR) is 113 cm³/mol. The van der Waals surface area contributed by atoms with E-state index in [-0.39, 0.29) is 47.9 Å². The van der Waals surface area contributed by atoms with E-state index in [9.17, 15) is 19.8 Å². The van der Waals surface area contributed by atoms with Crippen molar-refractivity contribution in [1.82, 2.24) is 0 Å². The van der Waals surface area contributed by atoms with Crippen LogP contribution in [0.1, 0.15) is 59.3 Å². The zero-order chi connectivity index (χ0) is 22.4. The van der Waals surface area contributed by atoms with Gasteiger partial charge in [-0.05, 0) is 42.6 Å². The first kappa shape index (κ1) is 21.4. The molecule has 0 aromatic heterocycles. The lowest BCUT2D eigenvalue weighted by Crippen LogP contribution is -2.83. The first-order valence-corrected chi connectivity index (χ1v) is 11.7. The van der Waals surface area contributed by atoms with Crippen LogP contribution in [0.2, 0.25) is 0 Å². The molecule has 2 saturated heterocycles. The Bertz CT molecular complexity index is 875. The molecule has 6 heteroatoms. The Labute approximate surface area is 183 Å². The fourth-order valence-corrected chi connectivity index (χ4v) is 8.07. The summed E-state index contributed by atoms with van der Waals surface area (Å²) in [6.45, 7) is 10.5. The monoisotopic (exact) mass is 430 g/mol. The van der Waals surface area contributed by atoms with Crippen LogP contribution >= 0.6 is 0 Å². The molecule has 0 unspecified atom stereocenters. The average Bonchev–Trinajstić information content (AvgIpc) is 2.83. The van der Waals surface area contributed by atoms with Crippen LogP contribution in [0.5, 0.6) is 0 Å². The Kier molecular flexibility index (Phi) is 4.49. The molecular formula is C25H34O6. The van der Waals surface area contributed by atoms with Gasteiger partial charge in [-0.15, -0.1) is 0 Å². The quantitative estimate of drug-likeness (QED) is 0.405. The molecule has 170 valence electrons. The van der Waals surface area contributed by atoms with Crippen molar-refractivity contribution in [2.75, 3.05) is 6.61 Å². The summed E-state index contributed by atoms with van der Waals surface area (Å²) < 4.78 is 12.0. The van der Waals surface area contributed by atoms with Crippen molar-refractivity contribution >= 4 is 11.8 Å². The summed E-state index contributed by atoms with van der Waals surface area (Å²) in [4.78, 5) is 26.5. The first-order chi connectivity index (χ1) is 14.6. The molecule has 2 spiro atoms. The number of Topliss-reactive ketones (excluding diaryl/α,β-unsaturated/α-hetero) is 1. The lowest BCUT2D eigenvalue weighted by Gasteiger charge is -2.72. The van der Waals surface area contributed by atoms with E-state index in [4.69, 9.17) is 9.47 Å². The van der Waals surface area contributed by atoms with Gasteiger partial charge in [0, 0.05) is 23.7 Å². The Morgan fingerprint density at radius 3 is 2.81 bits per heavy atom. The largest absolute Gasteiger partial charge is 0.460 e. The Morgan fingerprint density at radius 1 is 1.35 bits per heavy atom. The van der Waals surface area contributed by atoms with Gasteiger partial charge < -0.3 is 19.7 Å². The standard InChI is InChI=1S/C25H34O6/c1-5-6-8-17(26)31-21-15-9-10-16-23-12-7-11-22(3,4)18(23)20(28)25(29,30-13-23)24(16,21)19(27)14(15)2/h7,12,15-16,18,20-21,28-29H,2,5-6,8-11,13H2,1,3-4H3/t15-,16-,18+,20-,21+,23+,24-,25-/m0/s1. The minimum atomic E-state index is -2.10. The summed E-state index contributed by atoms with van der Waals surface area (Å²) in [6, 6.07) is 0. The first-order valence-electron chi connectivity index (χ1n) is 11.7. The lowest BCUT2D eigenvalue weighted by atomic mass is 9.37. The van der Waals surface area contributed by atoms with Gasteiger partial charge in [-0.1, -0.05) is 45.9 Å². The number of hydrogen-bond donors (Lipinski definition) is 2. The van der Waals surface area contributed by atoms with Gasteiger partial charge in [-0.3, -0.25) is 9.59 Å². The molecule has 2 N–H and O–H groups in total. The van der Waals surface area contributed by atoms with E-state index >= 15 is 0 Å². The van der Waals surface area contributed by atoms with Crippen molar-refractivity contribution in [3.63, 3.8) is 0 Å². The molecule has 5 fully saturated rings. The molecule has 6 rings (SSSR count). The zero-order valence-corrected chi connectivity index (χ0v) is 18.7. The predicted octanol–water partition coefficient (Wildman–Crippen LogP) is 2.92. The molecule has 2 heterocycles. The highest BCUT2D eigenvalue weighted by Crippen LogP contribution is 2.75. The van der Waals surface area contributed by atoms with Crippen LogP contribution in [0.3, 0.4) is 0 Å². The fourth-order valence-electron chi connectivity index (χ4n) is 8.07. The van der Waals surface area contributed by atoms with Crippen LogP contribution in [0.15, 0.2) is 24.3 Å². The normalized spacial score (nSPS) is 49.0. The summed E-state index contributed by atoms with van der Waals surface area (Å²) in [6.07, 6.45) is 6.11. The number of aliphatic hydroxyl groups is 2. The number of esters is 1. The lowest BCUT2D eigenvalue weighted by molar-refractivity contribution is -0.436. The van der Waals surface area contributed by atoms with Crippen LogP contribution in [0, 0.1) is 34.0 Å². The Balaban J connectivity index is 1.68. The zero-order valence-electron chi connectivity index (χ0n) is 18.7. The Hall–Kier alpha value is -1.50. The highest BCUT2D eigenvalue weighted by atomic mass is 16.6. The molecule has 0 aromatic carbocycles. The van der Waals surface area contributed by atoms with Crippen LogP contribution in [-0.4, -0.2) is 46.6 Å². The number of ketones is 1. The van der Waals surface area contributed by atoms with Crippen LogP contribution < -0.4 is 0 Å². The topological polar surface area (TPSA) is 93.1 Å². The van der Waals surface area contributed by atoms with Crippen molar-refractivity contribution < 1.29 is 29.3 Å². The number of rotatable bonds is 4. The molecule has 3 saturated carbocycles. The molecule has 6 aliphatic rings. The van der Waals surface area contributed by atoms with Gasteiger partial charge in [0.2, 0.25) is 5.79 Å². The molecule has 0 amide bonds. The van der Waals surface area contributed by atoms with Gasteiger partial charge >= 0.3 is 5.97 Å². The maximum absolute atomic E-state index is 13.9. The van der Waals surface area contributed by atoms with E-state index in [2.05, 4.69) is 32.6 Å². The van der Waals surface area contributed by atoms with Crippen molar-refractivity contribution in [2.45, 2.75) is 77.3 Å². The second kappa shape index (κ2) is 6.52. The van der Waals surface area contributed by atoms with Crippen molar-refractivity contribution in [1.29, 1.82) is 0 Å². The SMILES string of the molecule is C=C1C(=O)[C@]23[C@H](OC(=O)CCCC)[C@H]1CC[C@H]2[C@]12C=CCC(C)(C)[C@H]1[C@H](O)[C@]3(O)OC2. The van der Waals surface area contributed by atoms with Gasteiger partial charge in [0.1, 0.15) is 17.6 Å². The van der Waals surface area contributed by atoms with Crippen LogP contribution in [-0.2, 0) is 19.1 Å². The van der Waals surface area contributed by atoms with E-state index in [0.29, 0.717) is 24.8 Å². The van der Waals surface area contributed by atoms with Crippen molar-refractivity contribution in [2.24, 2.45) is 34.0 Å². The molecule has 8 atom stereocenters. The number of unbranched alkanes of at least 4 members (excludes halogenated alkanes) is 1. The van der Waals surface area contributed by atoms with Crippen LogP contribution in [0.25, 0.3) is 0 Å². The summed E-state index contributed by atoms with van der Waals surface area (Å²) in [5, 5.41) is 23.6. The minimum absolute atomic E-state index is 0.249. The number of aliphatic hydroxyl groups excluding tert-OH is 1. The molecule has 6 nitrogen and oxygen atoms in total. The number of carbonyl (C=O) groups excluding carboxylic acids is 2. The Morgan fingerprint density at radius 2 is 2.10 bits per heavy atom. The molecule has 2 aliphatic heterocycles. The van der Waals surface area contributed by atoms with Gasteiger partial charge in [-0.2, -0.15) is 0 Å². The average molecular weight is 431 g/mol. The van der Waals surface area contributed by atoms with Crippen molar-refractivity contribution in [3.05, 3.63) is 24.3 Å². The summed E-state index contributed by atoms with van der Waals surface area (Å²) in [5.41, 5.74) is -1.98. The highest BCUT2D eigenvalue weighted by molar-refractivity contribution is 6.05. The number of fused-ring (bicyclic) bond motifs is 2. The van der Waals surface area contributed by atoms with Crippen LogP contribution in [0.4, 0.5) is 0 Å². The molecule has 4 bridgehead atoms. The van der Waals surface area contributed by atoms with Gasteiger partial charge in [0.05, 0.1) is 6.61 Å². The molecule has 0 radical (unpaired) electrons. The molecule has 0 aromatic rings. The van der Waals surface area contributed by atoms with E-state index in [1.807, 2.05) is 6.92 Å². The number of carbonyl (C=O) groups is 2.